The van der Waals surface area contributed by atoms with Gasteiger partial charge >= 0.3 is 0 Å². The number of aliphatic hydroxyl groups is 1. The summed E-state index contributed by atoms with van der Waals surface area (Å²) in [6.07, 6.45) is 3.63. The molecule has 1 amide bonds. The van der Waals surface area contributed by atoms with Crippen molar-refractivity contribution in [2.24, 2.45) is 0 Å². The summed E-state index contributed by atoms with van der Waals surface area (Å²) >= 11 is 5.91. The van der Waals surface area contributed by atoms with Crippen LogP contribution in [-0.4, -0.2) is 28.2 Å². The van der Waals surface area contributed by atoms with Crippen molar-refractivity contribution in [1.82, 2.24) is 9.88 Å². The van der Waals surface area contributed by atoms with Crippen LogP contribution in [0.4, 0.5) is 0 Å². The van der Waals surface area contributed by atoms with E-state index in [0.29, 0.717) is 30.1 Å². The number of carbonyl (C=O) groups is 1. The fourth-order valence-electron chi connectivity index (χ4n) is 1.74. The lowest BCUT2D eigenvalue weighted by Crippen LogP contribution is -2.28. The number of rotatable bonds is 7. The van der Waals surface area contributed by atoms with E-state index in [2.05, 4.69) is 5.32 Å². The Balaban J connectivity index is 2.55. The van der Waals surface area contributed by atoms with Crippen LogP contribution in [0.2, 0.25) is 5.02 Å². The summed E-state index contributed by atoms with van der Waals surface area (Å²) in [6.45, 7) is 5.21. The van der Waals surface area contributed by atoms with Crippen LogP contribution in [0.3, 0.4) is 0 Å². The fraction of sp³-hybridized carbons (Fsp3) is 0.615. The lowest BCUT2D eigenvalue weighted by atomic mass is 10.2. The maximum atomic E-state index is 12.0. The number of aromatic nitrogens is 1. The van der Waals surface area contributed by atoms with Crippen molar-refractivity contribution in [2.45, 2.75) is 45.8 Å². The highest BCUT2D eigenvalue weighted by Crippen LogP contribution is 2.14. The highest BCUT2D eigenvalue weighted by molar-refractivity contribution is 6.31. The van der Waals surface area contributed by atoms with Crippen molar-refractivity contribution < 1.29 is 9.90 Å². The van der Waals surface area contributed by atoms with Gasteiger partial charge in [0.25, 0.3) is 5.91 Å². The van der Waals surface area contributed by atoms with Crippen molar-refractivity contribution in [2.75, 3.05) is 6.54 Å². The van der Waals surface area contributed by atoms with E-state index in [0.717, 1.165) is 13.0 Å². The molecule has 0 fully saturated rings. The zero-order chi connectivity index (χ0) is 13.5. The van der Waals surface area contributed by atoms with Crippen LogP contribution < -0.4 is 5.32 Å². The molecule has 1 heterocycles. The topological polar surface area (TPSA) is 54.3 Å². The molecule has 5 heteroatoms. The summed E-state index contributed by atoms with van der Waals surface area (Å²) in [7, 11) is 0. The second kappa shape index (κ2) is 7.44. The number of hydrogen-bond acceptors (Lipinski definition) is 2. The molecule has 0 aromatic carbocycles. The molecule has 1 aromatic heterocycles. The summed E-state index contributed by atoms with van der Waals surface area (Å²) in [5.41, 5.74) is 0.577. The Kier molecular flexibility index (Phi) is 6.22. The Morgan fingerprint density at radius 1 is 1.56 bits per heavy atom. The number of aliphatic hydroxyl groups excluding tert-OH is 1. The van der Waals surface area contributed by atoms with E-state index < -0.39 is 0 Å². The number of aryl methyl sites for hydroxylation is 1. The van der Waals surface area contributed by atoms with Crippen molar-refractivity contribution >= 4 is 17.5 Å². The molecule has 1 aromatic rings. The van der Waals surface area contributed by atoms with Gasteiger partial charge in [0.05, 0.1) is 11.1 Å². The zero-order valence-corrected chi connectivity index (χ0v) is 11.7. The van der Waals surface area contributed by atoms with Gasteiger partial charge in [-0.15, -0.1) is 0 Å². The molecule has 0 spiro atoms. The van der Waals surface area contributed by atoms with Gasteiger partial charge in [-0.1, -0.05) is 25.4 Å². The Hall–Kier alpha value is -1.00. The predicted octanol–water partition coefficient (Wildman–Crippen LogP) is 2.44. The number of hydrogen-bond donors (Lipinski definition) is 2. The van der Waals surface area contributed by atoms with Crippen molar-refractivity contribution in [3.05, 3.63) is 23.0 Å². The molecule has 4 nitrogen and oxygen atoms in total. The van der Waals surface area contributed by atoms with E-state index in [4.69, 9.17) is 11.6 Å². The standard InChI is InChI=1S/C13H21ClN2O2/c1-3-7-16-9-10(14)8-12(16)13(18)15-6-5-11(17)4-2/h8-9,11,17H,3-7H2,1-2H3,(H,15,18). The molecule has 1 unspecified atom stereocenters. The lowest BCUT2D eigenvalue weighted by molar-refractivity contribution is 0.0932. The van der Waals surface area contributed by atoms with Gasteiger partial charge in [-0.2, -0.15) is 0 Å². The molecule has 2 N–H and O–H groups in total. The highest BCUT2D eigenvalue weighted by Gasteiger charge is 2.12. The fourth-order valence-corrected chi connectivity index (χ4v) is 1.96. The second-order valence-corrected chi connectivity index (χ2v) is 4.78. The maximum absolute atomic E-state index is 12.0. The summed E-state index contributed by atoms with van der Waals surface area (Å²) in [4.78, 5) is 12.0. The van der Waals surface area contributed by atoms with E-state index >= 15 is 0 Å². The number of nitrogens with one attached hydrogen (secondary N) is 1. The van der Waals surface area contributed by atoms with Crippen LogP contribution in [0.1, 0.15) is 43.6 Å². The molecule has 0 bridgehead atoms. The third kappa shape index (κ3) is 4.35. The monoisotopic (exact) mass is 272 g/mol. The summed E-state index contributed by atoms with van der Waals surface area (Å²) in [5.74, 6) is -0.140. The first kappa shape index (κ1) is 15.1. The minimum atomic E-state index is -0.351. The molecule has 0 saturated carbocycles. The third-order valence-corrected chi connectivity index (χ3v) is 3.00. The van der Waals surface area contributed by atoms with E-state index in [9.17, 15) is 9.90 Å². The van der Waals surface area contributed by atoms with Crippen LogP contribution in [0.5, 0.6) is 0 Å². The van der Waals surface area contributed by atoms with Crippen molar-refractivity contribution in [1.29, 1.82) is 0 Å². The van der Waals surface area contributed by atoms with E-state index in [1.54, 1.807) is 12.3 Å². The van der Waals surface area contributed by atoms with Gasteiger partial charge in [-0.3, -0.25) is 4.79 Å². The molecule has 1 atom stereocenters. The van der Waals surface area contributed by atoms with Gasteiger partial charge in [0.2, 0.25) is 0 Å². The SMILES string of the molecule is CCCn1cc(Cl)cc1C(=O)NCCC(O)CC. The maximum Gasteiger partial charge on any atom is 0.267 e. The van der Waals surface area contributed by atoms with Crippen LogP contribution in [0.15, 0.2) is 12.3 Å². The Bertz CT molecular complexity index is 390. The van der Waals surface area contributed by atoms with Crippen LogP contribution in [0.25, 0.3) is 0 Å². The molecule has 102 valence electrons. The second-order valence-electron chi connectivity index (χ2n) is 4.34. The first-order valence-corrected chi connectivity index (χ1v) is 6.78. The summed E-state index contributed by atoms with van der Waals surface area (Å²) in [6, 6.07) is 1.67. The molecular weight excluding hydrogens is 252 g/mol. The molecule has 18 heavy (non-hydrogen) atoms. The summed E-state index contributed by atoms with van der Waals surface area (Å²) in [5, 5.41) is 12.8. The van der Waals surface area contributed by atoms with Crippen LogP contribution in [0, 0.1) is 0 Å². The van der Waals surface area contributed by atoms with E-state index in [1.165, 1.54) is 0 Å². The predicted molar refractivity (Wildman–Crippen MR) is 73.0 cm³/mol. The minimum Gasteiger partial charge on any atom is -0.393 e. The molecular formula is C13H21ClN2O2. The largest absolute Gasteiger partial charge is 0.393 e. The van der Waals surface area contributed by atoms with Gasteiger partial charge in [0, 0.05) is 19.3 Å². The van der Waals surface area contributed by atoms with Gasteiger partial charge in [0.1, 0.15) is 5.69 Å². The Labute approximate surface area is 113 Å². The van der Waals surface area contributed by atoms with Gasteiger partial charge < -0.3 is 15.0 Å². The van der Waals surface area contributed by atoms with E-state index in [-0.39, 0.29) is 12.0 Å². The first-order chi connectivity index (χ1) is 8.58. The van der Waals surface area contributed by atoms with Crippen molar-refractivity contribution in [3.8, 4) is 0 Å². The third-order valence-electron chi connectivity index (χ3n) is 2.79. The quantitative estimate of drug-likeness (QED) is 0.801. The number of nitrogens with zero attached hydrogens (tertiary/aromatic N) is 1. The molecule has 0 aliphatic rings. The number of amides is 1. The first-order valence-electron chi connectivity index (χ1n) is 6.40. The molecule has 0 radical (unpaired) electrons. The van der Waals surface area contributed by atoms with Gasteiger partial charge in [-0.25, -0.2) is 0 Å². The summed E-state index contributed by atoms with van der Waals surface area (Å²) < 4.78 is 1.86. The molecule has 0 aliphatic carbocycles. The average Bonchev–Trinajstić information content (AvgIpc) is 2.70. The van der Waals surface area contributed by atoms with Gasteiger partial charge in [0.15, 0.2) is 0 Å². The Morgan fingerprint density at radius 2 is 2.28 bits per heavy atom. The van der Waals surface area contributed by atoms with E-state index in [1.807, 2.05) is 18.4 Å². The normalized spacial score (nSPS) is 12.4. The minimum absolute atomic E-state index is 0.140. The molecule has 1 rings (SSSR count). The van der Waals surface area contributed by atoms with Gasteiger partial charge in [-0.05, 0) is 25.3 Å². The van der Waals surface area contributed by atoms with Crippen LogP contribution in [-0.2, 0) is 6.54 Å². The molecule has 0 aliphatic heterocycles. The van der Waals surface area contributed by atoms with Crippen LogP contribution >= 0.6 is 11.6 Å². The van der Waals surface area contributed by atoms with Crippen molar-refractivity contribution in [3.63, 3.8) is 0 Å². The number of carbonyl (C=O) groups excluding carboxylic acids is 1. The smallest absolute Gasteiger partial charge is 0.267 e. The number of halogens is 1. The molecule has 0 saturated heterocycles. The highest BCUT2D eigenvalue weighted by atomic mass is 35.5. The average molecular weight is 273 g/mol. The Morgan fingerprint density at radius 3 is 2.89 bits per heavy atom. The zero-order valence-electron chi connectivity index (χ0n) is 10.9. The lowest BCUT2D eigenvalue weighted by Gasteiger charge is -2.10.